The van der Waals surface area contributed by atoms with Crippen LogP contribution < -0.4 is 5.73 Å². The van der Waals surface area contributed by atoms with Gasteiger partial charge in [-0.2, -0.15) is 0 Å². The zero-order valence-electron chi connectivity index (χ0n) is 9.64. The van der Waals surface area contributed by atoms with E-state index < -0.39 is 0 Å². The minimum Gasteiger partial charge on any atom is -0.377 e. The maximum absolute atomic E-state index is 6.17. The van der Waals surface area contributed by atoms with E-state index in [0.717, 1.165) is 5.01 Å². The Balaban J connectivity index is 1.95. The van der Waals surface area contributed by atoms with Crippen molar-refractivity contribution in [1.82, 2.24) is 4.98 Å². The number of rotatable bonds is 2. The summed E-state index contributed by atoms with van der Waals surface area (Å²) in [5.74, 6) is 0. The van der Waals surface area contributed by atoms with Crippen molar-refractivity contribution < 1.29 is 4.74 Å². The molecule has 3 rings (SSSR count). The molecule has 0 saturated carbocycles. The highest BCUT2D eigenvalue weighted by Gasteiger charge is 2.38. The van der Waals surface area contributed by atoms with Gasteiger partial charge in [-0.15, -0.1) is 11.3 Å². The van der Waals surface area contributed by atoms with Gasteiger partial charge in [0.15, 0.2) is 0 Å². The smallest absolute Gasteiger partial charge is 0.118 e. The molecule has 17 heavy (non-hydrogen) atoms. The second-order valence-electron chi connectivity index (χ2n) is 4.55. The lowest BCUT2D eigenvalue weighted by Crippen LogP contribution is -2.54. The molecule has 0 radical (unpaired) electrons. The zero-order valence-corrected chi connectivity index (χ0v) is 10.5. The summed E-state index contributed by atoms with van der Waals surface area (Å²) in [6, 6.07) is 8.42. The minimum atomic E-state index is -0.354. The van der Waals surface area contributed by atoms with Gasteiger partial charge in [0.2, 0.25) is 0 Å². The lowest BCUT2D eigenvalue weighted by atomic mass is 10.0. The molecule has 4 heteroatoms. The van der Waals surface area contributed by atoms with Gasteiger partial charge in [-0.1, -0.05) is 29.8 Å². The zero-order chi connectivity index (χ0) is 11.9. The van der Waals surface area contributed by atoms with Crippen molar-refractivity contribution in [3.8, 4) is 10.4 Å². The minimum absolute atomic E-state index is 0.354. The van der Waals surface area contributed by atoms with E-state index in [2.05, 4.69) is 36.2 Å². The van der Waals surface area contributed by atoms with E-state index in [1.165, 1.54) is 16.0 Å². The van der Waals surface area contributed by atoms with Crippen molar-refractivity contribution in [3.05, 3.63) is 41.0 Å². The Morgan fingerprint density at radius 3 is 2.88 bits per heavy atom. The first kappa shape index (κ1) is 10.9. The van der Waals surface area contributed by atoms with Gasteiger partial charge >= 0.3 is 0 Å². The molecule has 0 unspecified atom stereocenters. The first-order valence-electron chi connectivity index (χ1n) is 5.57. The number of thiazole rings is 1. The van der Waals surface area contributed by atoms with Crippen LogP contribution in [0.2, 0.25) is 0 Å². The normalized spacial score (nSPS) is 17.8. The summed E-state index contributed by atoms with van der Waals surface area (Å²) in [5, 5.41) is 0.972. The number of nitrogens with two attached hydrogens (primary N) is 1. The number of ether oxygens (including phenoxy) is 1. The molecule has 0 spiro atoms. The van der Waals surface area contributed by atoms with E-state index in [9.17, 15) is 0 Å². The molecule has 1 aromatic carbocycles. The lowest BCUT2D eigenvalue weighted by molar-refractivity contribution is -0.0569. The van der Waals surface area contributed by atoms with Crippen molar-refractivity contribution in [1.29, 1.82) is 0 Å². The predicted octanol–water partition coefficient (Wildman–Crippen LogP) is 2.30. The standard InChI is InChI=1S/C13H14N2OS/c1-9-3-2-4-10(5-9)11-6-15-12(17-11)13(14)7-16-8-13/h2-6H,7-8,14H2,1H3. The summed E-state index contributed by atoms with van der Waals surface area (Å²) in [6.45, 7) is 3.25. The average molecular weight is 246 g/mol. The summed E-state index contributed by atoms with van der Waals surface area (Å²) >= 11 is 1.66. The summed E-state index contributed by atoms with van der Waals surface area (Å²) in [6.07, 6.45) is 1.90. The van der Waals surface area contributed by atoms with E-state index in [1.54, 1.807) is 11.3 Å². The highest BCUT2D eigenvalue weighted by Crippen LogP contribution is 2.34. The van der Waals surface area contributed by atoms with Gasteiger partial charge in [-0.05, 0) is 12.5 Å². The van der Waals surface area contributed by atoms with Crippen LogP contribution in [0.1, 0.15) is 10.6 Å². The highest BCUT2D eigenvalue weighted by atomic mass is 32.1. The topological polar surface area (TPSA) is 48.1 Å². The van der Waals surface area contributed by atoms with Gasteiger partial charge in [0.05, 0.1) is 18.1 Å². The van der Waals surface area contributed by atoms with Gasteiger partial charge < -0.3 is 10.5 Å². The van der Waals surface area contributed by atoms with Gasteiger partial charge in [-0.3, -0.25) is 0 Å². The van der Waals surface area contributed by atoms with Crippen LogP contribution in [0, 0.1) is 6.92 Å². The first-order chi connectivity index (χ1) is 8.17. The molecule has 2 N–H and O–H groups in total. The highest BCUT2D eigenvalue weighted by molar-refractivity contribution is 7.15. The van der Waals surface area contributed by atoms with Crippen LogP contribution in [-0.4, -0.2) is 18.2 Å². The quantitative estimate of drug-likeness (QED) is 0.884. The van der Waals surface area contributed by atoms with Crippen molar-refractivity contribution in [2.24, 2.45) is 5.73 Å². The molecule has 1 saturated heterocycles. The second kappa shape index (κ2) is 3.91. The van der Waals surface area contributed by atoms with Crippen molar-refractivity contribution in [3.63, 3.8) is 0 Å². The van der Waals surface area contributed by atoms with E-state index in [1.807, 2.05) is 6.20 Å². The fraction of sp³-hybridized carbons (Fsp3) is 0.308. The number of benzene rings is 1. The molecular weight excluding hydrogens is 232 g/mol. The number of aromatic nitrogens is 1. The third-order valence-corrected chi connectivity index (χ3v) is 4.22. The van der Waals surface area contributed by atoms with Crippen molar-refractivity contribution >= 4 is 11.3 Å². The van der Waals surface area contributed by atoms with Crippen molar-refractivity contribution in [2.75, 3.05) is 13.2 Å². The number of hydrogen-bond donors (Lipinski definition) is 1. The van der Waals surface area contributed by atoms with E-state index in [0.29, 0.717) is 13.2 Å². The molecule has 0 amide bonds. The molecule has 0 aliphatic carbocycles. The molecule has 2 aromatic rings. The molecule has 1 aliphatic rings. The molecular formula is C13H14N2OS. The number of aryl methyl sites for hydroxylation is 1. The fourth-order valence-electron chi connectivity index (χ4n) is 1.88. The van der Waals surface area contributed by atoms with Crippen LogP contribution in [0.4, 0.5) is 0 Å². The molecule has 1 aliphatic heterocycles. The van der Waals surface area contributed by atoms with E-state index in [-0.39, 0.29) is 5.54 Å². The molecule has 1 aromatic heterocycles. The van der Waals surface area contributed by atoms with Crippen LogP contribution in [0.3, 0.4) is 0 Å². The average Bonchev–Trinajstić information content (AvgIpc) is 2.75. The summed E-state index contributed by atoms with van der Waals surface area (Å²) in [4.78, 5) is 5.60. The van der Waals surface area contributed by atoms with Crippen LogP contribution in [-0.2, 0) is 10.3 Å². The maximum atomic E-state index is 6.17. The second-order valence-corrected chi connectivity index (χ2v) is 5.58. The third kappa shape index (κ3) is 1.88. The van der Waals surface area contributed by atoms with Crippen LogP contribution >= 0.6 is 11.3 Å². The molecule has 3 nitrogen and oxygen atoms in total. The Morgan fingerprint density at radius 1 is 1.41 bits per heavy atom. The van der Waals surface area contributed by atoms with Gasteiger partial charge in [0.25, 0.3) is 0 Å². The predicted molar refractivity (Wildman–Crippen MR) is 69.0 cm³/mol. The van der Waals surface area contributed by atoms with Gasteiger partial charge in [0.1, 0.15) is 10.5 Å². The summed E-state index contributed by atoms with van der Waals surface area (Å²) < 4.78 is 5.17. The fourth-order valence-corrected chi connectivity index (χ4v) is 2.87. The Labute approximate surface area is 104 Å². The lowest BCUT2D eigenvalue weighted by Gasteiger charge is -2.35. The molecule has 0 bridgehead atoms. The number of nitrogens with zero attached hydrogens (tertiary/aromatic N) is 1. The SMILES string of the molecule is Cc1cccc(-c2cnc(C3(N)COC3)s2)c1. The van der Waals surface area contributed by atoms with Crippen LogP contribution in [0.25, 0.3) is 10.4 Å². The Bertz CT molecular complexity index is 546. The molecule has 88 valence electrons. The summed E-state index contributed by atoms with van der Waals surface area (Å²) in [5.41, 5.74) is 8.28. The van der Waals surface area contributed by atoms with Crippen LogP contribution in [0.15, 0.2) is 30.5 Å². The third-order valence-electron chi connectivity index (χ3n) is 2.95. The first-order valence-corrected chi connectivity index (χ1v) is 6.39. The Hall–Kier alpha value is -1.23. The van der Waals surface area contributed by atoms with E-state index in [4.69, 9.17) is 10.5 Å². The van der Waals surface area contributed by atoms with Gasteiger partial charge in [-0.25, -0.2) is 4.98 Å². The van der Waals surface area contributed by atoms with Crippen LogP contribution in [0.5, 0.6) is 0 Å². The monoisotopic (exact) mass is 246 g/mol. The Kier molecular flexibility index (Phi) is 2.50. The molecule has 0 atom stereocenters. The molecule has 1 fully saturated rings. The maximum Gasteiger partial charge on any atom is 0.118 e. The molecule has 2 heterocycles. The number of hydrogen-bond acceptors (Lipinski definition) is 4. The van der Waals surface area contributed by atoms with E-state index >= 15 is 0 Å². The summed E-state index contributed by atoms with van der Waals surface area (Å²) in [7, 11) is 0. The largest absolute Gasteiger partial charge is 0.377 e. The van der Waals surface area contributed by atoms with Crippen molar-refractivity contribution in [2.45, 2.75) is 12.5 Å². The Morgan fingerprint density at radius 2 is 2.24 bits per heavy atom. The van der Waals surface area contributed by atoms with Gasteiger partial charge in [0, 0.05) is 6.20 Å².